The van der Waals surface area contributed by atoms with Crippen LogP contribution in [0.25, 0.3) is 11.4 Å². The molecule has 22 heavy (non-hydrogen) atoms. The number of nitrogens with zero attached hydrogens (tertiary/aromatic N) is 2. The van der Waals surface area contributed by atoms with E-state index in [-0.39, 0.29) is 10.8 Å². The average molecular weight is 296 g/mol. The SMILES string of the molecule is Cc1cc(C(C)(C)C)cc(-c2cc(C(C)(C)C)cc(C)n2)n1. The van der Waals surface area contributed by atoms with Gasteiger partial charge >= 0.3 is 0 Å². The minimum Gasteiger partial charge on any atom is -0.251 e. The molecule has 2 heteroatoms. The van der Waals surface area contributed by atoms with E-state index in [1.807, 2.05) is 0 Å². The second kappa shape index (κ2) is 5.49. The maximum Gasteiger partial charge on any atom is 0.0892 e. The third kappa shape index (κ3) is 3.73. The van der Waals surface area contributed by atoms with Crippen molar-refractivity contribution in [2.45, 2.75) is 66.2 Å². The summed E-state index contributed by atoms with van der Waals surface area (Å²) in [5, 5.41) is 0. The summed E-state index contributed by atoms with van der Waals surface area (Å²) in [7, 11) is 0. The molecule has 0 fully saturated rings. The van der Waals surface area contributed by atoms with Gasteiger partial charge in [-0.15, -0.1) is 0 Å². The number of hydrogen-bond donors (Lipinski definition) is 0. The summed E-state index contributed by atoms with van der Waals surface area (Å²) < 4.78 is 0. The molecule has 0 atom stereocenters. The first-order valence-electron chi connectivity index (χ1n) is 7.95. The maximum absolute atomic E-state index is 4.72. The Bertz CT molecular complexity index is 624. The molecule has 0 bridgehead atoms. The first kappa shape index (κ1) is 16.7. The first-order valence-corrected chi connectivity index (χ1v) is 7.95. The van der Waals surface area contributed by atoms with Crippen molar-refractivity contribution in [3.05, 3.63) is 46.8 Å². The fourth-order valence-corrected chi connectivity index (χ4v) is 2.47. The Hall–Kier alpha value is -1.70. The summed E-state index contributed by atoms with van der Waals surface area (Å²) in [4.78, 5) is 9.44. The molecule has 2 rings (SSSR count). The second-order valence-corrected chi connectivity index (χ2v) is 8.26. The number of pyridine rings is 2. The van der Waals surface area contributed by atoms with Crippen LogP contribution in [-0.2, 0) is 10.8 Å². The lowest BCUT2D eigenvalue weighted by atomic mass is 9.85. The minimum absolute atomic E-state index is 0.110. The van der Waals surface area contributed by atoms with Crippen LogP contribution in [0, 0.1) is 13.8 Å². The zero-order valence-electron chi connectivity index (χ0n) is 15.2. The van der Waals surface area contributed by atoms with Crippen LogP contribution in [0.1, 0.15) is 64.1 Å². The van der Waals surface area contributed by atoms with E-state index in [1.165, 1.54) is 11.1 Å². The summed E-state index contributed by atoms with van der Waals surface area (Å²) >= 11 is 0. The van der Waals surface area contributed by atoms with Gasteiger partial charge in [0.1, 0.15) is 0 Å². The largest absolute Gasteiger partial charge is 0.251 e. The Balaban J connectivity index is 2.62. The highest BCUT2D eigenvalue weighted by atomic mass is 14.8. The molecule has 2 heterocycles. The molecule has 0 aliphatic heterocycles. The van der Waals surface area contributed by atoms with Gasteiger partial charge in [-0.2, -0.15) is 0 Å². The Morgan fingerprint density at radius 3 is 1.18 bits per heavy atom. The van der Waals surface area contributed by atoms with Crippen LogP contribution >= 0.6 is 0 Å². The van der Waals surface area contributed by atoms with Crippen LogP contribution in [0.15, 0.2) is 24.3 Å². The second-order valence-electron chi connectivity index (χ2n) is 8.26. The molecule has 0 spiro atoms. The Labute approximate surface area is 135 Å². The van der Waals surface area contributed by atoms with Crippen LogP contribution in [0.2, 0.25) is 0 Å². The highest BCUT2D eigenvalue weighted by Gasteiger charge is 2.19. The Kier molecular flexibility index (Phi) is 4.16. The lowest BCUT2D eigenvalue weighted by Gasteiger charge is -2.22. The lowest BCUT2D eigenvalue weighted by Crippen LogP contribution is -2.13. The summed E-state index contributed by atoms with van der Waals surface area (Å²) in [6.07, 6.45) is 0. The van der Waals surface area contributed by atoms with Gasteiger partial charge in [0.2, 0.25) is 0 Å². The van der Waals surface area contributed by atoms with Gasteiger partial charge in [-0.05, 0) is 60.1 Å². The van der Waals surface area contributed by atoms with E-state index in [0.29, 0.717) is 0 Å². The van der Waals surface area contributed by atoms with Crippen LogP contribution in [0.5, 0.6) is 0 Å². The number of rotatable bonds is 1. The molecule has 0 radical (unpaired) electrons. The molecule has 2 aromatic heterocycles. The van der Waals surface area contributed by atoms with Crippen molar-refractivity contribution in [2.24, 2.45) is 0 Å². The number of aryl methyl sites for hydroxylation is 2. The van der Waals surface area contributed by atoms with E-state index in [0.717, 1.165) is 22.8 Å². The standard InChI is InChI=1S/C20H28N2/c1-13-9-15(19(3,4)5)11-17(21-13)18-12-16(20(6,7)8)10-14(2)22-18/h9-12H,1-8H3. The molecule has 0 aliphatic rings. The number of aromatic nitrogens is 2. The van der Waals surface area contributed by atoms with Crippen molar-refractivity contribution in [2.75, 3.05) is 0 Å². The van der Waals surface area contributed by atoms with E-state index in [9.17, 15) is 0 Å². The van der Waals surface area contributed by atoms with Crippen molar-refractivity contribution in [1.29, 1.82) is 0 Å². The molecule has 0 saturated carbocycles. The minimum atomic E-state index is 0.110. The van der Waals surface area contributed by atoms with Gasteiger partial charge in [-0.1, -0.05) is 41.5 Å². The van der Waals surface area contributed by atoms with Crippen LogP contribution in [0.4, 0.5) is 0 Å². The average Bonchev–Trinajstić information content (AvgIpc) is 2.35. The van der Waals surface area contributed by atoms with Crippen molar-refractivity contribution in [1.82, 2.24) is 9.97 Å². The highest BCUT2D eigenvalue weighted by molar-refractivity contribution is 5.58. The van der Waals surface area contributed by atoms with Gasteiger partial charge in [-0.25, -0.2) is 0 Å². The molecular weight excluding hydrogens is 268 g/mol. The van der Waals surface area contributed by atoms with Crippen molar-refractivity contribution in [3.8, 4) is 11.4 Å². The smallest absolute Gasteiger partial charge is 0.0892 e. The lowest BCUT2D eigenvalue weighted by molar-refractivity contribution is 0.587. The molecule has 0 N–H and O–H groups in total. The van der Waals surface area contributed by atoms with Gasteiger partial charge in [0.15, 0.2) is 0 Å². The predicted molar refractivity (Wildman–Crippen MR) is 94.3 cm³/mol. The molecule has 0 aromatic carbocycles. The van der Waals surface area contributed by atoms with Crippen molar-refractivity contribution < 1.29 is 0 Å². The Morgan fingerprint density at radius 1 is 0.591 bits per heavy atom. The summed E-state index contributed by atoms with van der Waals surface area (Å²) in [5.41, 5.74) is 6.86. The molecule has 0 saturated heterocycles. The highest BCUT2D eigenvalue weighted by Crippen LogP contribution is 2.29. The molecule has 2 nitrogen and oxygen atoms in total. The van der Waals surface area contributed by atoms with E-state index >= 15 is 0 Å². The summed E-state index contributed by atoms with van der Waals surface area (Å²) in [6.45, 7) is 17.5. The van der Waals surface area contributed by atoms with E-state index in [4.69, 9.17) is 9.97 Å². The van der Waals surface area contributed by atoms with Crippen LogP contribution in [0.3, 0.4) is 0 Å². The predicted octanol–water partition coefficient (Wildman–Crippen LogP) is 5.36. The molecule has 118 valence electrons. The maximum atomic E-state index is 4.72. The topological polar surface area (TPSA) is 25.8 Å². The van der Waals surface area contributed by atoms with Gasteiger partial charge in [0, 0.05) is 11.4 Å². The summed E-state index contributed by atoms with van der Waals surface area (Å²) in [6, 6.07) is 8.70. The Morgan fingerprint density at radius 2 is 0.909 bits per heavy atom. The quantitative estimate of drug-likeness (QED) is 0.708. The van der Waals surface area contributed by atoms with Crippen molar-refractivity contribution in [3.63, 3.8) is 0 Å². The van der Waals surface area contributed by atoms with Crippen LogP contribution in [-0.4, -0.2) is 9.97 Å². The molecule has 2 aromatic rings. The first-order chi connectivity index (χ1) is 9.96. The molecule has 0 aliphatic carbocycles. The molecule has 0 amide bonds. The van der Waals surface area contributed by atoms with Crippen LogP contribution < -0.4 is 0 Å². The fourth-order valence-electron chi connectivity index (χ4n) is 2.47. The van der Waals surface area contributed by atoms with Gasteiger partial charge in [0.05, 0.1) is 11.4 Å². The zero-order chi connectivity index (χ0) is 16.7. The van der Waals surface area contributed by atoms with Gasteiger partial charge in [-0.3, -0.25) is 9.97 Å². The molecule has 0 unspecified atom stereocenters. The van der Waals surface area contributed by atoms with E-state index in [1.54, 1.807) is 0 Å². The van der Waals surface area contributed by atoms with E-state index < -0.39 is 0 Å². The summed E-state index contributed by atoms with van der Waals surface area (Å²) in [5.74, 6) is 0. The molecular formula is C20H28N2. The van der Waals surface area contributed by atoms with Crippen molar-refractivity contribution >= 4 is 0 Å². The normalized spacial score (nSPS) is 12.5. The third-order valence-corrected chi connectivity index (χ3v) is 3.90. The third-order valence-electron chi connectivity index (χ3n) is 3.90. The van der Waals surface area contributed by atoms with Gasteiger partial charge < -0.3 is 0 Å². The monoisotopic (exact) mass is 296 g/mol. The zero-order valence-corrected chi connectivity index (χ0v) is 15.2. The van der Waals surface area contributed by atoms with Gasteiger partial charge in [0.25, 0.3) is 0 Å². The fraction of sp³-hybridized carbons (Fsp3) is 0.500. The van der Waals surface area contributed by atoms with E-state index in [2.05, 4.69) is 79.7 Å². The number of hydrogen-bond acceptors (Lipinski definition) is 2.